The van der Waals surface area contributed by atoms with Gasteiger partial charge in [0.1, 0.15) is 11.4 Å². The molecule has 0 aliphatic carbocycles. The number of thiazole rings is 1. The average Bonchev–Trinajstić information content (AvgIpc) is 3.33. The van der Waals surface area contributed by atoms with Gasteiger partial charge < -0.3 is 19.5 Å². The number of ether oxygens (including phenoxy) is 1. The Morgan fingerprint density at radius 1 is 1.11 bits per heavy atom. The molecule has 0 bridgehead atoms. The number of hydrogen-bond donors (Lipinski definition) is 2. The molecule has 4 heterocycles. The highest BCUT2D eigenvalue weighted by Crippen LogP contribution is 2.32. The van der Waals surface area contributed by atoms with Crippen molar-refractivity contribution in [1.82, 2.24) is 24.3 Å². The summed E-state index contributed by atoms with van der Waals surface area (Å²) in [6.45, 7) is 9.30. The highest BCUT2D eigenvalue weighted by atomic mass is 32.1. The largest absolute Gasteiger partial charge is 0.444 e. The van der Waals surface area contributed by atoms with Gasteiger partial charge in [-0.05, 0) is 76.3 Å². The van der Waals surface area contributed by atoms with E-state index in [0.29, 0.717) is 52.8 Å². The lowest BCUT2D eigenvalue weighted by molar-refractivity contribution is 0.0156. The Morgan fingerprint density at radius 3 is 2.61 bits per heavy atom. The summed E-state index contributed by atoms with van der Waals surface area (Å²) in [5.41, 5.74) is 0.140. The van der Waals surface area contributed by atoms with Gasteiger partial charge in [0.25, 0.3) is 11.1 Å². The fourth-order valence-electron chi connectivity index (χ4n) is 5.17. The summed E-state index contributed by atoms with van der Waals surface area (Å²) in [5.74, 6) is -0.439. The number of nitrogens with one attached hydrogen (secondary N) is 2. The van der Waals surface area contributed by atoms with Gasteiger partial charge in [0, 0.05) is 56.3 Å². The number of halogens is 1. The van der Waals surface area contributed by atoms with Crippen LogP contribution in [0.25, 0.3) is 27.0 Å². The molecule has 1 aliphatic rings. The summed E-state index contributed by atoms with van der Waals surface area (Å²) in [4.78, 5) is 56.5. The van der Waals surface area contributed by atoms with E-state index in [-0.39, 0.29) is 23.1 Å². The molecule has 3 aromatic heterocycles. The van der Waals surface area contributed by atoms with Crippen LogP contribution in [0.2, 0.25) is 0 Å². The Kier molecular flexibility index (Phi) is 8.86. The van der Waals surface area contributed by atoms with E-state index in [4.69, 9.17) is 4.74 Å². The van der Waals surface area contributed by atoms with Crippen LogP contribution < -0.4 is 21.8 Å². The molecular formula is C31H35FN6O5S. The van der Waals surface area contributed by atoms with Crippen LogP contribution in [0, 0.1) is 11.7 Å². The number of aromatic nitrogens is 3. The van der Waals surface area contributed by atoms with E-state index in [2.05, 4.69) is 15.6 Å². The summed E-state index contributed by atoms with van der Waals surface area (Å²) < 4.78 is 24.0. The van der Waals surface area contributed by atoms with E-state index in [0.717, 1.165) is 24.2 Å². The van der Waals surface area contributed by atoms with Crippen LogP contribution in [0.3, 0.4) is 0 Å². The lowest BCUT2D eigenvalue weighted by atomic mass is 9.98. The van der Waals surface area contributed by atoms with Crippen LogP contribution in [0.4, 0.5) is 19.1 Å². The molecule has 0 radical (unpaired) electrons. The normalized spacial score (nSPS) is 15.3. The molecule has 13 heteroatoms. The second kappa shape index (κ2) is 12.6. The van der Waals surface area contributed by atoms with E-state index in [9.17, 15) is 19.2 Å². The first kappa shape index (κ1) is 30.9. The van der Waals surface area contributed by atoms with Gasteiger partial charge in [0.2, 0.25) is 0 Å². The number of carbonyl (C=O) groups excluding carboxylic acids is 2. The first-order valence-corrected chi connectivity index (χ1v) is 15.3. The quantitative estimate of drug-likeness (QED) is 0.304. The third kappa shape index (κ3) is 7.16. The van der Waals surface area contributed by atoms with Crippen molar-refractivity contribution in [1.29, 1.82) is 0 Å². The van der Waals surface area contributed by atoms with Crippen molar-refractivity contribution < 1.29 is 18.7 Å². The molecule has 1 aromatic carbocycles. The van der Waals surface area contributed by atoms with Crippen LogP contribution in [0.15, 0.2) is 58.4 Å². The number of pyridine rings is 2. The Labute approximate surface area is 257 Å². The minimum absolute atomic E-state index is 0.0899. The number of urea groups is 1. The molecule has 0 spiro atoms. The second-order valence-electron chi connectivity index (χ2n) is 11.7. The van der Waals surface area contributed by atoms with Crippen LogP contribution in [-0.2, 0) is 11.3 Å². The molecule has 2 N–H and O–H groups in total. The van der Waals surface area contributed by atoms with Crippen LogP contribution in [0.1, 0.15) is 40.5 Å². The zero-order chi connectivity index (χ0) is 31.6. The standard InChI is InChI=1S/C31H35FN6O5S/c1-5-33-28(41)35-29-34-24-15-22(23(32)16-25(24)44-29)20-8-12-38(27(40)13-20)21-9-11-36(26(39)14-21)17-19-7-6-10-37(18-19)30(42)43-31(2,3)4/h8-9,11-16,19H,5-7,10,17-18H2,1-4H3,(H2,33,34,35,41). The third-order valence-electron chi connectivity index (χ3n) is 7.15. The van der Waals surface area contributed by atoms with Gasteiger partial charge in [-0.15, -0.1) is 0 Å². The molecule has 232 valence electrons. The predicted molar refractivity (Wildman–Crippen MR) is 168 cm³/mol. The van der Waals surface area contributed by atoms with Gasteiger partial charge in [-0.1, -0.05) is 11.3 Å². The van der Waals surface area contributed by atoms with Crippen LogP contribution in [-0.4, -0.2) is 56.4 Å². The van der Waals surface area contributed by atoms with E-state index >= 15 is 4.39 Å². The van der Waals surface area contributed by atoms with E-state index in [1.54, 1.807) is 40.8 Å². The Balaban J connectivity index is 1.31. The van der Waals surface area contributed by atoms with Gasteiger partial charge in [-0.25, -0.2) is 19.0 Å². The Hall–Kier alpha value is -4.52. The number of piperidine rings is 1. The monoisotopic (exact) mass is 622 g/mol. The van der Waals surface area contributed by atoms with Crippen molar-refractivity contribution in [3.63, 3.8) is 0 Å². The number of anilines is 1. The maximum absolute atomic E-state index is 15.1. The molecule has 1 saturated heterocycles. The van der Waals surface area contributed by atoms with Gasteiger partial charge in [0.15, 0.2) is 5.13 Å². The summed E-state index contributed by atoms with van der Waals surface area (Å²) in [6, 6.07) is 8.45. The first-order chi connectivity index (χ1) is 20.9. The van der Waals surface area contributed by atoms with Crippen molar-refractivity contribution in [3.8, 4) is 16.8 Å². The van der Waals surface area contributed by atoms with E-state index in [1.807, 2.05) is 20.8 Å². The van der Waals surface area contributed by atoms with Gasteiger partial charge in [-0.3, -0.25) is 19.5 Å². The molecule has 1 atom stereocenters. The van der Waals surface area contributed by atoms with Crippen LogP contribution >= 0.6 is 11.3 Å². The number of rotatable bonds is 6. The highest BCUT2D eigenvalue weighted by Gasteiger charge is 2.28. The number of benzene rings is 1. The smallest absolute Gasteiger partial charge is 0.410 e. The second-order valence-corrected chi connectivity index (χ2v) is 12.8. The average molecular weight is 623 g/mol. The van der Waals surface area contributed by atoms with Crippen molar-refractivity contribution in [2.45, 2.75) is 52.7 Å². The Morgan fingerprint density at radius 2 is 1.91 bits per heavy atom. The fraction of sp³-hybridized carbons (Fsp3) is 0.387. The summed E-state index contributed by atoms with van der Waals surface area (Å²) in [6.07, 6.45) is 4.50. The minimum Gasteiger partial charge on any atom is -0.444 e. The topological polar surface area (TPSA) is 128 Å². The molecule has 0 saturated carbocycles. The zero-order valence-corrected chi connectivity index (χ0v) is 25.9. The highest BCUT2D eigenvalue weighted by molar-refractivity contribution is 7.22. The summed E-state index contributed by atoms with van der Waals surface area (Å²) in [7, 11) is 0. The Bertz CT molecular complexity index is 1820. The molecule has 1 unspecified atom stereocenters. The van der Waals surface area contributed by atoms with Crippen molar-refractivity contribution >= 4 is 38.8 Å². The SMILES string of the molecule is CCNC(=O)Nc1nc2cc(-c3ccn(-c4ccn(CC5CCCN(C(=O)OC(C)(C)C)C5)c(=O)c4)c(=O)c3)c(F)cc2s1. The van der Waals surface area contributed by atoms with E-state index < -0.39 is 23.0 Å². The van der Waals surface area contributed by atoms with E-state index in [1.165, 1.54) is 29.0 Å². The van der Waals surface area contributed by atoms with Crippen molar-refractivity contribution in [3.05, 3.63) is 75.3 Å². The summed E-state index contributed by atoms with van der Waals surface area (Å²) in [5, 5.41) is 5.57. The first-order valence-electron chi connectivity index (χ1n) is 14.5. The molecule has 4 aromatic rings. The zero-order valence-electron chi connectivity index (χ0n) is 25.1. The molecule has 5 rings (SSSR count). The number of carbonyl (C=O) groups is 2. The lowest BCUT2D eigenvalue weighted by Gasteiger charge is -2.34. The molecule has 11 nitrogen and oxygen atoms in total. The molecular weight excluding hydrogens is 587 g/mol. The lowest BCUT2D eigenvalue weighted by Crippen LogP contribution is -2.44. The molecule has 44 heavy (non-hydrogen) atoms. The number of likely N-dealkylation sites (tertiary alicyclic amines) is 1. The summed E-state index contributed by atoms with van der Waals surface area (Å²) >= 11 is 1.15. The molecule has 3 amide bonds. The molecule has 1 fully saturated rings. The number of amides is 3. The van der Waals surface area contributed by atoms with Crippen LogP contribution in [0.5, 0.6) is 0 Å². The maximum atomic E-state index is 15.1. The van der Waals surface area contributed by atoms with Crippen molar-refractivity contribution in [2.75, 3.05) is 25.0 Å². The fourth-order valence-corrected chi connectivity index (χ4v) is 6.04. The number of nitrogens with zero attached hydrogens (tertiary/aromatic N) is 4. The van der Waals surface area contributed by atoms with Gasteiger partial charge >= 0.3 is 12.1 Å². The van der Waals surface area contributed by atoms with Gasteiger partial charge in [0.05, 0.1) is 15.9 Å². The number of fused-ring (bicyclic) bond motifs is 1. The van der Waals surface area contributed by atoms with Crippen molar-refractivity contribution in [2.24, 2.45) is 5.92 Å². The molecule has 1 aliphatic heterocycles. The maximum Gasteiger partial charge on any atom is 0.410 e. The predicted octanol–water partition coefficient (Wildman–Crippen LogP) is 5.20. The third-order valence-corrected chi connectivity index (χ3v) is 8.08. The minimum atomic E-state index is -0.577. The van der Waals surface area contributed by atoms with Gasteiger partial charge in [-0.2, -0.15) is 0 Å². The number of hydrogen-bond acceptors (Lipinski definition) is 7.